The second kappa shape index (κ2) is 32.4. The maximum Gasteiger partial charge on any atom is 0.743 e. The van der Waals surface area contributed by atoms with Crippen LogP contribution in [0.4, 0.5) is 32.0 Å². The number of pyridine rings is 6. The van der Waals surface area contributed by atoms with Crippen LogP contribution in [0.2, 0.25) is 0 Å². The molecule has 19 nitrogen and oxygen atoms in total. The third kappa shape index (κ3) is 17.9. The van der Waals surface area contributed by atoms with Crippen molar-refractivity contribution in [3.63, 3.8) is 0 Å². The average molecular weight is 1410 g/mol. The summed E-state index contributed by atoms with van der Waals surface area (Å²) in [5.74, 6) is 3.84. The summed E-state index contributed by atoms with van der Waals surface area (Å²) in [6, 6.07) is 41.8. The Balaban J connectivity index is 0.000000158. The Labute approximate surface area is 592 Å². The summed E-state index contributed by atoms with van der Waals surface area (Å²) in [5.41, 5.74) is 7.18. The molecule has 0 saturated heterocycles. The lowest BCUT2D eigenvalue weighted by Crippen LogP contribution is -2.17. The van der Waals surface area contributed by atoms with E-state index in [1.807, 2.05) is 100 Å². The maximum absolute atomic E-state index is 13.3. The fourth-order valence-electron chi connectivity index (χ4n) is 9.76. The highest BCUT2D eigenvalue weighted by Crippen LogP contribution is 2.39. The summed E-state index contributed by atoms with van der Waals surface area (Å²) in [7, 11) is 3.30. The van der Waals surface area contributed by atoms with Gasteiger partial charge in [0.15, 0.2) is 5.69 Å². The number of halogens is 6. The first-order chi connectivity index (χ1) is 46.6. The molecule has 12 aromatic rings. The third-order valence-corrected chi connectivity index (χ3v) is 19.0. The van der Waals surface area contributed by atoms with E-state index in [1.54, 1.807) is 64.5 Å². The summed E-state index contributed by atoms with van der Waals surface area (Å²) >= 11 is -5.86. The Morgan fingerprint density at radius 3 is 1.12 bits per heavy atom. The van der Waals surface area contributed by atoms with Gasteiger partial charge in [-0.15, -0.1) is 0 Å². The van der Waals surface area contributed by atoms with Crippen LogP contribution < -0.4 is 32.2 Å². The summed E-state index contributed by atoms with van der Waals surface area (Å²) in [5, 5.41) is 13.1. The molecule has 0 N–H and O–H groups in total. The van der Waals surface area contributed by atoms with Crippen LogP contribution >= 0.6 is 0 Å². The van der Waals surface area contributed by atoms with E-state index in [0.29, 0.717) is 56.7 Å². The van der Waals surface area contributed by atoms with Crippen LogP contribution in [0.1, 0.15) is 50.9 Å². The molecule has 0 aliphatic rings. The van der Waals surface area contributed by atoms with E-state index >= 15 is 0 Å². The van der Waals surface area contributed by atoms with Crippen molar-refractivity contribution in [3.8, 4) is 52.1 Å². The molecule has 6 heterocycles. The molecular formula is C66H48Al6F6N8O11. The van der Waals surface area contributed by atoms with E-state index in [9.17, 15) is 31.6 Å². The second-order valence-electron chi connectivity index (χ2n) is 21.0. The minimum Gasteiger partial charge on any atom is -0.626 e. The molecule has 12 rings (SSSR count). The number of hydrogen-bond donors (Lipinski definition) is 0. The van der Waals surface area contributed by atoms with Gasteiger partial charge in [-0.2, -0.15) is 31.6 Å². The first kappa shape index (κ1) is 71.6. The van der Waals surface area contributed by atoms with Crippen molar-refractivity contribution in [2.45, 2.75) is 53.9 Å². The van der Waals surface area contributed by atoms with Crippen LogP contribution in [0.15, 0.2) is 146 Å². The monoisotopic (exact) mass is 1400 g/mol. The van der Waals surface area contributed by atoms with Gasteiger partial charge in [0, 0.05) is 78.6 Å². The van der Waals surface area contributed by atoms with E-state index in [1.165, 1.54) is 12.1 Å². The first-order valence-corrected chi connectivity index (χ1v) is 34.6. The lowest BCUT2D eigenvalue weighted by atomic mass is 10.1. The number of para-hydroxylation sites is 2. The first-order valence-electron chi connectivity index (χ1n) is 28.9. The second-order valence-corrected chi connectivity index (χ2v) is 26.9. The van der Waals surface area contributed by atoms with E-state index in [4.69, 9.17) is 47.3 Å². The molecule has 478 valence electrons. The van der Waals surface area contributed by atoms with Gasteiger partial charge in [-0.3, -0.25) is 4.98 Å². The van der Waals surface area contributed by atoms with Gasteiger partial charge in [-0.25, -0.2) is 29.8 Å². The van der Waals surface area contributed by atoms with Crippen molar-refractivity contribution in [2.75, 3.05) is 14.2 Å². The van der Waals surface area contributed by atoms with Crippen molar-refractivity contribution >= 4 is 166 Å². The molecule has 31 heteroatoms. The molecule has 0 saturated carbocycles. The SMILES string of the molecule is COc1cc(C)nc2c([O][Al][O][Al][O]c3cccc4c(OC)cc(C)nc34)cccc12.Cc1ccc2cc(C(F)(F)F)cc([O][Al][O][Al][O]c3cc(C(F)(F)F)cc4ccc(C)nc34)c2n1.[C-]#[N+]c1ccc([O][Al][O][Al][O]c2ccc(C#N)c3ccc(C)nc23)c2nc(C)ccc12. The minimum atomic E-state index is -4.59. The Morgan fingerprint density at radius 1 is 0.371 bits per heavy atom. The van der Waals surface area contributed by atoms with E-state index in [0.717, 1.165) is 91.1 Å². The molecule has 0 aliphatic carbocycles. The topological polar surface area (TPSA) is 207 Å². The normalized spacial score (nSPS) is 11.1. The number of hydrogen-bond acceptors (Lipinski definition) is 18. The molecule has 6 radical (unpaired) electrons. The van der Waals surface area contributed by atoms with Gasteiger partial charge >= 0.3 is 108 Å². The number of rotatable bonds is 20. The number of methoxy groups -OCH3 is 2. The molecular weight excluding hydrogens is 1360 g/mol. The van der Waals surface area contributed by atoms with E-state index in [2.05, 4.69) is 40.8 Å². The van der Waals surface area contributed by atoms with Crippen molar-refractivity contribution < 1.29 is 67.1 Å². The van der Waals surface area contributed by atoms with Crippen molar-refractivity contribution in [1.29, 1.82) is 5.26 Å². The molecule has 6 aromatic heterocycles. The van der Waals surface area contributed by atoms with Gasteiger partial charge in [0.25, 0.3) is 0 Å². The quantitative estimate of drug-likeness (QED) is 0.0301. The number of aromatic nitrogens is 6. The summed E-state index contributed by atoms with van der Waals surface area (Å²) in [6.07, 6.45) is -9.17. The Morgan fingerprint density at radius 2 is 0.722 bits per heavy atom. The molecule has 0 atom stereocenters. The lowest BCUT2D eigenvalue weighted by molar-refractivity contribution is -0.138. The average Bonchev–Trinajstić information content (AvgIpc) is 0.839. The van der Waals surface area contributed by atoms with Crippen LogP contribution in [0.3, 0.4) is 0 Å². The highest BCUT2D eigenvalue weighted by molar-refractivity contribution is 6.37. The molecule has 97 heavy (non-hydrogen) atoms. The Hall–Kier alpha value is -8.19. The number of nitriles is 1. The minimum absolute atomic E-state index is 0.102. The number of benzene rings is 6. The predicted octanol–water partition coefficient (Wildman–Crippen LogP) is 14.3. The van der Waals surface area contributed by atoms with Crippen molar-refractivity contribution in [2.24, 2.45) is 0 Å². The van der Waals surface area contributed by atoms with Gasteiger partial charge in [0.2, 0.25) is 0 Å². The van der Waals surface area contributed by atoms with Crippen molar-refractivity contribution in [1.82, 2.24) is 29.9 Å². The van der Waals surface area contributed by atoms with Gasteiger partial charge < -0.3 is 40.7 Å². The van der Waals surface area contributed by atoms with Crippen molar-refractivity contribution in [3.05, 3.63) is 208 Å². The standard InChI is InChI=1S/2C11H8F3NO.2C11H8N2O.2C11H11NO2.6Al.3O/c2*1-6-2-3-7-4-8(11(12,13)14)5-9(16)10(7)15-6;1-7-3-4-8-9(12-2)5-6-10(14)11(8)13-7;1-7-2-4-9-8(6-12)3-5-10(14)11(9)13-7;2*1-7-6-10(14-2)8-4-3-5-9(13)11(8)12-7;;;;;;;;;/h2*2-5,16H,1H3;3-6,14H,1H3;2-5,14H,1H3;2*3-6,13H,1-2H3;;;;;;;;;/q;;;;;;6*+1;;;/p-6. The summed E-state index contributed by atoms with van der Waals surface area (Å²) in [4.78, 5) is 30.3. The highest BCUT2D eigenvalue weighted by atomic mass is 27.3. The largest absolute Gasteiger partial charge is 0.743 e. The van der Waals surface area contributed by atoms with Crippen LogP contribution in [0.25, 0.3) is 70.3 Å². The Kier molecular flexibility index (Phi) is 23.9. The predicted molar refractivity (Wildman–Crippen MR) is 355 cm³/mol. The fourth-order valence-corrected chi connectivity index (χ4v) is 13.4. The number of ether oxygens (including phenoxy) is 2. The molecule has 0 unspecified atom stereocenters. The van der Waals surface area contributed by atoms with Crippen LogP contribution in [0.5, 0.6) is 46.0 Å². The van der Waals surface area contributed by atoms with Gasteiger partial charge in [-0.05, 0) is 139 Å². The fraction of sp³-hybridized carbons (Fsp3) is 0.152. The van der Waals surface area contributed by atoms with Gasteiger partial charge in [0.1, 0.15) is 73.6 Å². The molecule has 0 amide bonds. The zero-order valence-corrected chi connectivity index (χ0v) is 59.6. The number of aryl methyl sites for hydroxylation is 6. The van der Waals surface area contributed by atoms with E-state index < -0.39 is 119 Å². The molecule has 6 aromatic carbocycles. The molecule has 0 bridgehead atoms. The molecule has 0 fully saturated rings. The molecule has 0 spiro atoms. The number of alkyl halides is 6. The summed E-state index contributed by atoms with van der Waals surface area (Å²) < 4.78 is 142. The van der Waals surface area contributed by atoms with Crippen LogP contribution in [-0.4, -0.2) is 139 Å². The third-order valence-electron chi connectivity index (χ3n) is 14.2. The number of nitrogens with zero attached hydrogens (tertiary/aromatic N) is 8. The van der Waals surface area contributed by atoms with E-state index in [-0.39, 0.29) is 33.3 Å². The maximum atomic E-state index is 13.3. The summed E-state index contributed by atoms with van der Waals surface area (Å²) in [6.45, 7) is 18.3. The number of fused-ring (bicyclic) bond motifs is 6. The lowest BCUT2D eigenvalue weighted by Gasteiger charge is -2.15. The van der Waals surface area contributed by atoms with Crippen LogP contribution in [0, 0.1) is 59.4 Å². The smallest absolute Gasteiger partial charge is 0.626 e. The van der Waals surface area contributed by atoms with Gasteiger partial charge in [0.05, 0.1) is 49.1 Å². The zero-order valence-electron chi connectivity index (χ0n) is 52.7. The highest BCUT2D eigenvalue weighted by Gasteiger charge is 2.33. The zero-order chi connectivity index (χ0) is 69.0. The Bertz CT molecular complexity index is 4690. The van der Waals surface area contributed by atoms with Gasteiger partial charge in [-0.1, -0.05) is 36.4 Å². The molecule has 0 aliphatic heterocycles. The van der Waals surface area contributed by atoms with Crippen LogP contribution in [-0.2, 0) is 20.9 Å².